The minimum Gasteiger partial charge on any atom is -0.349 e. The van der Waals surface area contributed by atoms with Crippen LogP contribution >= 0.6 is 15.9 Å². The van der Waals surface area contributed by atoms with Crippen molar-refractivity contribution in [2.45, 2.75) is 6.92 Å². The average molecular weight is 228 g/mol. The van der Waals surface area contributed by atoms with E-state index in [0.717, 1.165) is 21.1 Å². The number of benzene rings is 1. The Kier molecular flexibility index (Phi) is 1.68. The predicted octanol–water partition coefficient (Wildman–Crippen LogP) is 3.38. The largest absolute Gasteiger partial charge is 0.349 e. The number of hydrogen-bond donors (Lipinski definition) is 1. The lowest BCUT2D eigenvalue weighted by atomic mass is 10.2. The van der Waals surface area contributed by atoms with Gasteiger partial charge in [0, 0.05) is 10.9 Å². The maximum absolute atomic E-state index is 12.9. The van der Waals surface area contributed by atoms with E-state index >= 15 is 0 Å². The topological polar surface area (TPSA) is 15.8 Å². The smallest absolute Gasteiger partial charge is 0.124 e. The van der Waals surface area contributed by atoms with Gasteiger partial charge in [0.25, 0.3) is 0 Å². The SMILES string of the molecule is Cc1cc(F)cc2cc(Br)[nH]c12. The van der Waals surface area contributed by atoms with E-state index in [9.17, 15) is 4.39 Å². The average Bonchev–Trinajstić information content (AvgIpc) is 2.29. The van der Waals surface area contributed by atoms with E-state index < -0.39 is 0 Å². The molecule has 1 aromatic carbocycles. The molecule has 0 aliphatic heterocycles. The summed E-state index contributed by atoms with van der Waals surface area (Å²) in [6.07, 6.45) is 0. The molecule has 0 amide bonds. The first-order chi connectivity index (χ1) is 5.66. The Morgan fingerprint density at radius 3 is 2.83 bits per heavy atom. The van der Waals surface area contributed by atoms with Crippen LogP contribution in [0.25, 0.3) is 10.9 Å². The van der Waals surface area contributed by atoms with E-state index in [4.69, 9.17) is 0 Å². The number of H-pyrrole nitrogens is 1. The molecule has 0 radical (unpaired) electrons. The second-order valence-electron chi connectivity index (χ2n) is 2.80. The highest BCUT2D eigenvalue weighted by Gasteiger charge is 2.02. The van der Waals surface area contributed by atoms with Crippen LogP contribution in [0.3, 0.4) is 0 Å². The molecule has 2 rings (SSSR count). The van der Waals surface area contributed by atoms with Crippen LogP contribution in [0.2, 0.25) is 0 Å². The van der Waals surface area contributed by atoms with Gasteiger partial charge < -0.3 is 4.98 Å². The van der Waals surface area contributed by atoms with Crippen molar-refractivity contribution in [3.63, 3.8) is 0 Å². The van der Waals surface area contributed by atoms with Crippen LogP contribution in [0.4, 0.5) is 4.39 Å². The highest BCUT2D eigenvalue weighted by atomic mass is 79.9. The fourth-order valence-corrected chi connectivity index (χ4v) is 1.79. The van der Waals surface area contributed by atoms with Crippen molar-refractivity contribution >= 4 is 26.8 Å². The summed E-state index contributed by atoms with van der Waals surface area (Å²) < 4.78 is 13.8. The first-order valence-electron chi connectivity index (χ1n) is 3.61. The van der Waals surface area contributed by atoms with Gasteiger partial charge in [-0.05, 0) is 46.6 Å². The molecule has 0 aliphatic carbocycles. The monoisotopic (exact) mass is 227 g/mol. The molecule has 12 heavy (non-hydrogen) atoms. The summed E-state index contributed by atoms with van der Waals surface area (Å²) in [4.78, 5) is 3.10. The zero-order valence-corrected chi connectivity index (χ0v) is 8.07. The quantitative estimate of drug-likeness (QED) is 0.711. The van der Waals surface area contributed by atoms with E-state index in [2.05, 4.69) is 20.9 Å². The summed E-state index contributed by atoms with van der Waals surface area (Å²) in [5.74, 6) is -0.188. The fourth-order valence-electron chi connectivity index (χ4n) is 1.35. The lowest BCUT2D eigenvalue weighted by molar-refractivity contribution is 0.628. The summed E-state index contributed by atoms with van der Waals surface area (Å²) in [5, 5.41) is 0.902. The maximum Gasteiger partial charge on any atom is 0.124 e. The second kappa shape index (κ2) is 2.59. The van der Waals surface area contributed by atoms with E-state index in [1.54, 1.807) is 0 Å². The number of fused-ring (bicyclic) bond motifs is 1. The Bertz CT molecular complexity index is 433. The highest BCUT2D eigenvalue weighted by molar-refractivity contribution is 9.10. The molecule has 0 fully saturated rings. The molecular formula is C9H7BrFN. The molecular weight excluding hydrogens is 221 g/mol. The number of aryl methyl sites for hydroxylation is 1. The molecule has 1 aromatic heterocycles. The Hall–Kier alpha value is -0.830. The molecule has 3 heteroatoms. The van der Waals surface area contributed by atoms with Gasteiger partial charge in [-0.25, -0.2) is 4.39 Å². The summed E-state index contributed by atoms with van der Waals surface area (Å²) in [5.41, 5.74) is 1.92. The van der Waals surface area contributed by atoms with Gasteiger partial charge in [-0.3, -0.25) is 0 Å². The molecule has 0 atom stereocenters. The van der Waals surface area contributed by atoms with Crippen LogP contribution in [0, 0.1) is 12.7 Å². The minimum atomic E-state index is -0.188. The summed E-state index contributed by atoms with van der Waals surface area (Å²) in [6.45, 7) is 1.88. The third kappa shape index (κ3) is 1.14. The molecule has 0 bridgehead atoms. The molecule has 1 heterocycles. The lowest BCUT2D eigenvalue weighted by Gasteiger charge is -1.95. The first kappa shape index (κ1) is 7.80. The van der Waals surface area contributed by atoms with Crippen molar-refractivity contribution in [2.24, 2.45) is 0 Å². The molecule has 1 nitrogen and oxygen atoms in total. The number of rotatable bonds is 0. The van der Waals surface area contributed by atoms with Crippen molar-refractivity contribution in [1.82, 2.24) is 4.98 Å². The number of aromatic amines is 1. The van der Waals surface area contributed by atoms with Crippen LogP contribution in [0.15, 0.2) is 22.8 Å². The zero-order chi connectivity index (χ0) is 8.72. The van der Waals surface area contributed by atoms with Gasteiger partial charge in [-0.1, -0.05) is 0 Å². The molecule has 62 valence electrons. The minimum absolute atomic E-state index is 0.188. The van der Waals surface area contributed by atoms with Gasteiger partial charge >= 0.3 is 0 Å². The van der Waals surface area contributed by atoms with Gasteiger partial charge in [0.2, 0.25) is 0 Å². The third-order valence-electron chi connectivity index (χ3n) is 1.86. The summed E-state index contributed by atoms with van der Waals surface area (Å²) in [6, 6.07) is 4.90. The number of halogens is 2. The number of nitrogens with one attached hydrogen (secondary N) is 1. The fraction of sp³-hybridized carbons (Fsp3) is 0.111. The van der Waals surface area contributed by atoms with Crippen molar-refractivity contribution in [3.05, 3.63) is 34.2 Å². The lowest BCUT2D eigenvalue weighted by Crippen LogP contribution is -1.79. The Morgan fingerprint density at radius 2 is 2.08 bits per heavy atom. The van der Waals surface area contributed by atoms with Gasteiger partial charge in [0.05, 0.1) is 4.60 Å². The third-order valence-corrected chi connectivity index (χ3v) is 2.28. The second-order valence-corrected chi connectivity index (χ2v) is 3.66. The van der Waals surface area contributed by atoms with E-state index in [1.165, 1.54) is 12.1 Å². The van der Waals surface area contributed by atoms with Crippen molar-refractivity contribution < 1.29 is 4.39 Å². The van der Waals surface area contributed by atoms with Crippen LogP contribution < -0.4 is 0 Å². The van der Waals surface area contributed by atoms with Gasteiger partial charge in [0.1, 0.15) is 5.82 Å². The molecule has 1 N–H and O–H groups in total. The molecule has 0 spiro atoms. The standard InChI is InChI=1S/C9H7BrFN/c1-5-2-7(11)3-6-4-8(10)12-9(5)6/h2-4,12H,1H3. The highest BCUT2D eigenvalue weighted by Crippen LogP contribution is 2.23. The molecule has 0 saturated carbocycles. The normalized spacial score (nSPS) is 10.9. The first-order valence-corrected chi connectivity index (χ1v) is 4.40. The number of hydrogen-bond acceptors (Lipinski definition) is 0. The maximum atomic E-state index is 12.9. The van der Waals surface area contributed by atoms with E-state index in [0.29, 0.717) is 0 Å². The van der Waals surface area contributed by atoms with E-state index in [1.807, 2.05) is 13.0 Å². The Balaban J connectivity index is 2.88. The van der Waals surface area contributed by atoms with Gasteiger partial charge in [-0.2, -0.15) is 0 Å². The Labute approximate surface area is 77.7 Å². The van der Waals surface area contributed by atoms with Gasteiger partial charge in [0.15, 0.2) is 0 Å². The summed E-state index contributed by atoms with van der Waals surface area (Å²) in [7, 11) is 0. The van der Waals surface area contributed by atoms with Crippen molar-refractivity contribution in [3.8, 4) is 0 Å². The van der Waals surface area contributed by atoms with Crippen molar-refractivity contribution in [2.75, 3.05) is 0 Å². The molecule has 2 aromatic rings. The molecule has 0 saturated heterocycles. The number of aromatic nitrogens is 1. The van der Waals surface area contributed by atoms with Crippen LogP contribution in [0.5, 0.6) is 0 Å². The van der Waals surface area contributed by atoms with E-state index in [-0.39, 0.29) is 5.82 Å². The van der Waals surface area contributed by atoms with Crippen molar-refractivity contribution in [1.29, 1.82) is 0 Å². The summed E-state index contributed by atoms with van der Waals surface area (Å²) >= 11 is 3.31. The van der Waals surface area contributed by atoms with Gasteiger partial charge in [-0.15, -0.1) is 0 Å². The van der Waals surface area contributed by atoms with Crippen LogP contribution in [-0.4, -0.2) is 4.98 Å². The Morgan fingerprint density at radius 1 is 1.33 bits per heavy atom. The molecule has 0 aliphatic rings. The predicted molar refractivity (Wildman–Crippen MR) is 50.7 cm³/mol. The van der Waals surface area contributed by atoms with Crippen LogP contribution in [-0.2, 0) is 0 Å². The molecule has 0 unspecified atom stereocenters. The van der Waals surface area contributed by atoms with Crippen LogP contribution in [0.1, 0.15) is 5.56 Å². The zero-order valence-electron chi connectivity index (χ0n) is 6.49.